The zero-order valence-corrected chi connectivity index (χ0v) is 15.5. The van der Waals surface area contributed by atoms with E-state index in [9.17, 15) is 0 Å². The predicted molar refractivity (Wildman–Crippen MR) is 99.5 cm³/mol. The molecule has 2 aromatic rings. The van der Waals surface area contributed by atoms with E-state index in [1.165, 1.54) is 5.56 Å². The van der Waals surface area contributed by atoms with Crippen LogP contribution in [0.3, 0.4) is 0 Å². The van der Waals surface area contributed by atoms with E-state index in [0.29, 0.717) is 18.0 Å². The molecule has 1 aromatic heterocycles. The number of aromatic nitrogens is 3. The Bertz CT molecular complexity index is 799. The van der Waals surface area contributed by atoms with Gasteiger partial charge in [0.15, 0.2) is 4.77 Å². The Labute approximate surface area is 153 Å². The molecule has 0 N–H and O–H groups in total. The van der Waals surface area contributed by atoms with Gasteiger partial charge in [-0.2, -0.15) is 5.10 Å². The highest BCUT2D eigenvalue weighted by atomic mass is 32.1. The van der Waals surface area contributed by atoms with Gasteiger partial charge in [-0.05, 0) is 31.1 Å². The van der Waals surface area contributed by atoms with Gasteiger partial charge in [-0.3, -0.25) is 4.90 Å². The number of rotatable bonds is 7. The number of nitrogens with zero attached hydrogens (tertiary/aromatic N) is 4. The number of methoxy groups -OCH3 is 2. The summed E-state index contributed by atoms with van der Waals surface area (Å²) in [6.07, 6.45) is 5.82. The van der Waals surface area contributed by atoms with Gasteiger partial charge in [-0.25, -0.2) is 4.68 Å². The second kappa shape index (κ2) is 7.84. The van der Waals surface area contributed by atoms with Gasteiger partial charge in [0.2, 0.25) is 0 Å². The number of hydrogen-bond acceptors (Lipinski definition) is 5. The number of ether oxygens (including phenoxy) is 2. The molecule has 2 heterocycles. The smallest absolute Gasteiger partial charge is 0.199 e. The maximum absolute atomic E-state index is 5.59. The minimum atomic E-state index is 0.285. The molecule has 6 nitrogen and oxygen atoms in total. The first-order chi connectivity index (χ1) is 12.2. The summed E-state index contributed by atoms with van der Waals surface area (Å²) in [4.78, 5) is 2.39. The highest BCUT2D eigenvalue weighted by molar-refractivity contribution is 7.71. The highest BCUT2D eigenvalue weighted by Crippen LogP contribution is 2.38. The van der Waals surface area contributed by atoms with E-state index in [2.05, 4.69) is 22.6 Å². The maximum Gasteiger partial charge on any atom is 0.199 e. The molecule has 3 rings (SSSR count). The summed E-state index contributed by atoms with van der Waals surface area (Å²) >= 11 is 5.51. The molecule has 0 saturated carbocycles. The second-order valence-corrected chi connectivity index (χ2v) is 6.44. The van der Waals surface area contributed by atoms with Crippen LogP contribution in [-0.2, 0) is 13.2 Å². The first-order valence-electron chi connectivity index (χ1n) is 8.37. The van der Waals surface area contributed by atoms with Crippen LogP contribution in [-0.4, -0.2) is 40.0 Å². The average molecular weight is 360 g/mol. The van der Waals surface area contributed by atoms with Gasteiger partial charge in [-0.15, -0.1) is 6.58 Å². The molecule has 134 valence electrons. The molecule has 1 atom stereocenters. The Balaban J connectivity index is 1.84. The molecule has 1 aliphatic rings. The lowest BCUT2D eigenvalue weighted by Crippen LogP contribution is -2.27. The Morgan fingerprint density at radius 2 is 2.20 bits per heavy atom. The van der Waals surface area contributed by atoms with Crippen LogP contribution in [0.5, 0.6) is 11.5 Å². The zero-order valence-electron chi connectivity index (χ0n) is 14.7. The molecule has 1 aromatic carbocycles. The van der Waals surface area contributed by atoms with E-state index in [1.807, 2.05) is 27.5 Å². The van der Waals surface area contributed by atoms with Gasteiger partial charge in [0.25, 0.3) is 0 Å². The van der Waals surface area contributed by atoms with E-state index in [4.69, 9.17) is 21.7 Å². The quantitative estimate of drug-likeness (QED) is 0.559. The number of benzene rings is 1. The van der Waals surface area contributed by atoms with Gasteiger partial charge >= 0.3 is 0 Å². The fraction of sp³-hybridized carbons (Fsp3) is 0.444. The number of allylic oxidation sites excluding steroid dienone is 1. The average Bonchev–Trinajstić information content (AvgIpc) is 3.23. The van der Waals surface area contributed by atoms with Crippen LogP contribution in [0.25, 0.3) is 0 Å². The standard InChI is InChI=1S/C18H24N4O2S/c1-4-9-20-12-19-22(18(20)25)13-21-10-5-6-16(21)15-8-7-14(23-2)11-17(15)24-3/h4,7-8,11-12,16H,1,5-6,9-10,13H2,2-3H3. The van der Waals surface area contributed by atoms with Gasteiger partial charge in [0.05, 0.1) is 20.9 Å². The third kappa shape index (κ3) is 3.62. The van der Waals surface area contributed by atoms with Crippen molar-refractivity contribution in [2.75, 3.05) is 20.8 Å². The molecule has 1 saturated heterocycles. The SMILES string of the molecule is C=CCn1cnn(CN2CCCC2c2ccc(OC)cc2OC)c1=S. The molecule has 1 fully saturated rings. The Kier molecular flexibility index (Phi) is 5.55. The van der Waals surface area contributed by atoms with E-state index in [0.717, 1.165) is 30.9 Å². The minimum Gasteiger partial charge on any atom is -0.497 e. The molecule has 1 unspecified atom stereocenters. The Hall–Kier alpha value is -2.12. The summed E-state index contributed by atoms with van der Waals surface area (Å²) in [5.41, 5.74) is 1.18. The van der Waals surface area contributed by atoms with E-state index >= 15 is 0 Å². The van der Waals surface area contributed by atoms with Crippen molar-refractivity contribution in [3.8, 4) is 11.5 Å². The fourth-order valence-corrected chi connectivity index (χ4v) is 3.57. The summed E-state index contributed by atoms with van der Waals surface area (Å²) in [7, 11) is 3.36. The molecule has 0 amide bonds. The van der Waals surface area contributed by atoms with Crippen molar-refractivity contribution in [1.82, 2.24) is 19.2 Å². The number of likely N-dealkylation sites (tertiary alicyclic amines) is 1. The molecular formula is C18H24N4O2S. The monoisotopic (exact) mass is 360 g/mol. The van der Waals surface area contributed by atoms with Crippen LogP contribution in [0.1, 0.15) is 24.4 Å². The van der Waals surface area contributed by atoms with Crippen molar-refractivity contribution in [1.29, 1.82) is 0 Å². The summed E-state index contributed by atoms with van der Waals surface area (Å²) in [6.45, 7) is 6.11. The second-order valence-electron chi connectivity index (χ2n) is 6.07. The molecule has 25 heavy (non-hydrogen) atoms. The van der Waals surface area contributed by atoms with Crippen molar-refractivity contribution in [2.24, 2.45) is 0 Å². The zero-order chi connectivity index (χ0) is 17.8. The molecule has 0 bridgehead atoms. The topological polar surface area (TPSA) is 44.5 Å². The van der Waals surface area contributed by atoms with Crippen molar-refractivity contribution >= 4 is 12.2 Å². The first kappa shape index (κ1) is 17.7. The molecular weight excluding hydrogens is 336 g/mol. The van der Waals surface area contributed by atoms with E-state index in [1.54, 1.807) is 20.5 Å². The highest BCUT2D eigenvalue weighted by Gasteiger charge is 2.29. The van der Waals surface area contributed by atoms with Crippen molar-refractivity contribution < 1.29 is 9.47 Å². The third-order valence-corrected chi connectivity index (χ3v) is 5.05. The predicted octanol–water partition coefficient (Wildman–Crippen LogP) is 3.41. The van der Waals surface area contributed by atoms with Crippen LogP contribution in [0.4, 0.5) is 0 Å². The van der Waals surface area contributed by atoms with Gasteiger partial charge in [0, 0.05) is 30.8 Å². The third-order valence-electron chi connectivity index (χ3n) is 4.60. The summed E-state index contributed by atoms with van der Waals surface area (Å²) in [6, 6.07) is 6.30. The van der Waals surface area contributed by atoms with Crippen LogP contribution >= 0.6 is 12.2 Å². The normalized spacial score (nSPS) is 17.6. The summed E-state index contributed by atoms with van der Waals surface area (Å²) in [5.74, 6) is 1.66. The minimum absolute atomic E-state index is 0.285. The lowest BCUT2D eigenvalue weighted by atomic mass is 10.0. The lowest BCUT2D eigenvalue weighted by Gasteiger charge is -2.26. The number of hydrogen-bond donors (Lipinski definition) is 0. The van der Waals surface area contributed by atoms with Gasteiger partial charge in [0.1, 0.15) is 17.8 Å². The first-order valence-corrected chi connectivity index (χ1v) is 8.78. The Morgan fingerprint density at radius 1 is 1.36 bits per heavy atom. The summed E-state index contributed by atoms with van der Waals surface area (Å²) < 4.78 is 15.4. The molecule has 1 aliphatic heterocycles. The van der Waals surface area contributed by atoms with Crippen LogP contribution in [0.15, 0.2) is 37.2 Å². The summed E-state index contributed by atoms with van der Waals surface area (Å²) in [5, 5.41) is 4.43. The lowest BCUT2D eigenvalue weighted by molar-refractivity contribution is 0.186. The molecule has 0 spiro atoms. The van der Waals surface area contributed by atoms with E-state index in [-0.39, 0.29) is 6.04 Å². The largest absolute Gasteiger partial charge is 0.497 e. The van der Waals surface area contributed by atoms with Crippen LogP contribution < -0.4 is 9.47 Å². The Morgan fingerprint density at radius 3 is 2.92 bits per heavy atom. The van der Waals surface area contributed by atoms with Crippen molar-refractivity contribution in [2.45, 2.75) is 32.1 Å². The molecule has 0 aliphatic carbocycles. The molecule has 0 radical (unpaired) electrons. The van der Waals surface area contributed by atoms with Crippen molar-refractivity contribution in [3.05, 3.63) is 47.5 Å². The fourth-order valence-electron chi connectivity index (χ4n) is 3.35. The van der Waals surface area contributed by atoms with Gasteiger partial charge in [-0.1, -0.05) is 12.1 Å². The van der Waals surface area contributed by atoms with Crippen LogP contribution in [0, 0.1) is 4.77 Å². The van der Waals surface area contributed by atoms with Crippen molar-refractivity contribution in [3.63, 3.8) is 0 Å². The maximum atomic E-state index is 5.59. The van der Waals surface area contributed by atoms with Crippen LogP contribution in [0.2, 0.25) is 0 Å². The van der Waals surface area contributed by atoms with E-state index < -0.39 is 0 Å². The van der Waals surface area contributed by atoms with Gasteiger partial charge < -0.3 is 14.0 Å². The molecule has 7 heteroatoms.